The second-order valence-corrected chi connectivity index (χ2v) is 3.71. The number of terminal acetylenes is 1. The van der Waals surface area contributed by atoms with E-state index in [1.54, 1.807) is 0 Å². The molecule has 0 atom stereocenters. The molecule has 0 aliphatic heterocycles. The molecule has 0 radical (unpaired) electrons. The SMILES string of the molecule is C#CCN(CC)Cc1cc(C)ccc1N. The van der Waals surface area contributed by atoms with E-state index < -0.39 is 0 Å². The number of hydrogen-bond acceptors (Lipinski definition) is 2. The van der Waals surface area contributed by atoms with Crippen molar-refractivity contribution >= 4 is 5.69 Å². The lowest BCUT2D eigenvalue weighted by molar-refractivity contribution is 0.316. The smallest absolute Gasteiger partial charge is 0.0601 e. The van der Waals surface area contributed by atoms with Gasteiger partial charge in [-0.2, -0.15) is 0 Å². The van der Waals surface area contributed by atoms with Gasteiger partial charge in [0.15, 0.2) is 0 Å². The highest BCUT2D eigenvalue weighted by molar-refractivity contribution is 5.48. The third kappa shape index (κ3) is 3.30. The summed E-state index contributed by atoms with van der Waals surface area (Å²) in [4.78, 5) is 2.19. The summed E-state index contributed by atoms with van der Waals surface area (Å²) < 4.78 is 0. The first-order valence-corrected chi connectivity index (χ1v) is 5.18. The van der Waals surface area contributed by atoms with Gasteiger partial charge < -0.3 is 5.73 Å². The van der Waals surface area contributed by atoms with E-state index in [2.05, 4.69) is 30.7 Å². The molecule has 80 valence electrons. The van der Waals surface area contributed by atoms with E-state index in [1.165, 1.54) is 5.56 Å². The predicted molar refractivity (Wildman–Crippen MR) is 65.4 cm³/mol. The minimum absolute atomic E-state index is 0.671. The van der Waals surface area contributed by atoms with Gasteiger partial charge in [-0.15, -0.1) is 6.42 Å². The molecule has 0 saturated heterocycles. The van der Waals surface area contributed by atoms with E-state index in [9.17, 15) is 0 Å². The molecule has 0 spiro atoms. The Morgan fingerprint density at radius 1 is 1.47 bits per heavy atom. The molecule has 1 rings (SSSR count). The van der Waals surface area contributed by atoms with Crippen LogP contribution in [-0.2, 0) is 6.54 Å². The third-order valence-electron chi connectivity index (χ3n) is 2.45. The Balaban J connectivity index is 2.78. The van der Waals surface area contributed by atoms with Crippen LogP contribution in [0.5, 0.6) is 0 Å². The number of anilines is 1. The van der Waals surface area contributed by atoms with Gasteiger partial charge in [-0.05, 0) is 25.1 Å². The van der Waals surface area contributed by atoms with E-state index in [-0.39, 0.29) is 0 Å². The minimum atomic E-state index is 0.671. The Kier molecular flexibility index (Phi) is 4.20. The molecule has 0 amide bonds. The quantitative estimate of drug-likeness (QED) is 0.598. The lowest BCUT2D eigenvalue weighted by atomic mass is 10.1. The summed E-state index contributed by atoms with van der Waals surface area (Å²) in [5.74, 6) is 2.66. The summed E-state index contributed by atoms with van der Waals surface area (Å²) in [7, 11) is 0. The number of hydrogen-bond donors (Lipinski definition) is 1. The number of nitrogen functional groups attached to an aromatic ring is 1. The van der Waals surface area contributed by atoms with Crippen molar-refractivity contribution in [3.63, 3.8) is 0 Å². The number of rotatable bonds is 4. The molecule has 0 fully saturated rings. The maximum Gasteiger partial charge on any atom is 0.0601 e. The normalized spacial score (nSPS) is 10.3. The molecule has 0 bridgehead atoms. The van der Waals surface area contributed by atoms with Gasteiger partial charge in [-0.25, -0.2) is 0 Å². The van der Waals surface area contributed by atoms with Crippen LogP contribution in [-0.4, -0.2) is 18.0 Å². The summed E-state index contributed by atoms with van der Waals surface area (Å²) in [6.45, 7) is 6.61. The molecule has 1 aromatic rings. The van der Waals surface area contributed by atoms with Crippen LogP contribution in [0.25, 0.3) is 0 Å². The Morgan fingerprint density at radius 2 is 2.20 bits per heavy atom. The Labute approximate surface area is 92.1 Å². The van der Waals surface area contributed by atoms with Gasteiger partial charge in [0.25, 0.3) is 0 Å². The monoisotopic (exact) mass is 202 g/mol. The van der Waals surface area contributed by atoms with Gasteiger partial charge in [0.2, 0.25) is 0 Å². The van der Waals surface area contributed by atoms with Gasteiger partial charge in [0.05, 0.1) is 6.54 Å². The van der Waals surface area contributed by atoms with Crippen molar-refractivity contribution < 1.29 is 0 Å². The van der Waals surface area contributed by atoms with Gasteiger partial charge in [0.1, 0.15) is 0 Å². The second kappa shape index (κ2) is 5.43. The molecule has 0 aliphatic carbocycles. The molecule has 0 heterocycles. The highest BCUT2D eigenvalue weighted by atomic mass is 15.1. The average Bonchev–Trinajstić information content (AvgIpc) is 2.22. The van der Waals surface area contributed by atoms with E-state index in [0.29, 0.717) is 6.54 Å². The number of benzene rings is 1. The number of nitrogens with two attached hydrogens (primary N) is 1. The molecule has 2 N–H and O–H groups in total. The highest BCUT2D eigenvalue weighted by Crippen LogP contribution is 2.15. The van der Waals surface area contributed by atoms with Crippen LogP contribution in [0.1, 0.15) is 18.1 Å². The Morgan fingerprint density at radius 3 is 2.80 bits per heavy atom. The van der Waals surface area contributed by atoms with Crippen molar-refractivity contribution in [3.8, 4) is 12.3 Å². The molecular formula is C13H18N2. The molecule has 2 nitrogen and oxygen atoms in total. The minimum Gasteiger partial charge on any atom is -0.398 e. The topological polar surface area (TPSA) is 29.3 Å². The third-order valence-corrected chi connectivity index (χ3v) is 2.45. The molecule has 2 heteroatoms. The van der Waals surface area contributed by atoms with Crippen molar-refractivity contribution in [1.29, 1.82) is 0 Å². The second-order valence-electron chi connectivity index (χ2n) is 3.71. The zero-order valence-corrected chi connectivity index (χ0v) is 9.46. The van der Waals surface area contributed by atoms with E-state index in [1.807, 2.05) is 12.1 Å². The van der Waals surface area contributed by atoms with Crippen LogP contribution < -0.4 is 5.73 Å². The van der Waals surface area contributed by atoms with Gasteiger partial charge in [-0.1, -0.05) is 30.5 Å². The van der Waals surface area contributed by atoms with E-state index >= 15 is 0 Å². The summed E-state index contributed by atoms with van der Waals surface area (Å²) >= 11 is 0. The summed E-state index contributed by atoms with van der Waals surface area (Å²) in [6, 6.07) is 6.10. The van der Waals surface area contributed by atoms with Crippen molar-refractivity contribution in [3.05, 3.63) is 29.3 Å². The van der Waals surface area contributed by atoms with Crippen LogP contribution >= 0.6 is 0 Å². The number of nitrogens with zero attached hydrogens (tertiary/aromatic N) is 1. The molecule has 0 saturated carbocycles. The van der Waals surface area contributed by atoms with Crippen molar-refractivity contribution in [2.45, 2.75) is 20.4 Å². The first-order valence-electron chi connectivity index (χ1n) is 5.18. The zero-order valence-electron chi connectivity index (χ0n) is 9.46. The molecular weight excluding hydrogens is 184 g/mol. The standard InChI is InChI=1S/C13H18N2/c1-4-8-15(5-2)10-12-9-11(3)6-7-13(12)14/h1,6-7,9H,5,8,10,14H2,2-3H3. The fourth-order valence-electron chi connectivity index (χ4n) is 1.52. The first kappa shape index (κ1) is 11.6. The van der Waals surface area contributed by atoms with E-state index in [4.69, 9.17) is 12.2 Å². The van der Waals surface area contributed by atoms with Gasteiger partial charge in [0, 0.05) is 12.2 Å². The fourth-order valence-corrected chi connectivity index (χ4v) is 1.52. The summed E-state index contributed by atoms with van der Waals surface area (Å²) in [6.07, 6.45) is 5.30. The zero-order chi connectivity index (χ0) is 11.3. The maximum atomic E-state index is 5.91. The first-order chi connectivity index (χ1) is 7.17. The molecule has 1 aromatic carbocycles. The summed E-state index contributed by atoms with van der Waals surface area (Å²) in [5, 5.41) is 0. The van der Waals surface area contributed by atoms with Crippen molar-refractivity contribution in [1.82, 2.24) is 4.90 Å². The van der Waals surface area contributed by atoms with Crippen LogP contribution in [0, 0.1) is 19.3 Å². The Bertz CT molecular complexity index is 363. The van der Waals surface area contributed by atoms with E-state index in [0.717, 1.165) is 24.3 Å². The highest BCUT2D eigenvalue weighted by Gasteiger charge is 2.05. The summed E-state index contributed by atoms with van der Waals surface area (Å²) in [5.41, 5.74) is 9.15. The lowest BCUT2D eigenvalue weighted by Crippen LogP contribution is -2.23. The van der Waals surface area contributed by atoms with Crippen molar-refractivity contribution in [2.75, 3.05) is 18.8 Å². The molecule has 15 heavy (non-hydrogen) atoms. The lowest BCUT2D eigenvalue weighted by Gasteiger charge is -2.18. The molecule has 0 aromatic heterocycles. The van der Waals surface area contributed by atoms with Gasteiger partial charge in [-0.3, -0.25) is 4.90 Å². The maximum absolute atomic E-state index is 5.91. The van der Waals surface area contributed by atoms with Crippen LogP contribution in [0.3, 0.4) is 0 Å². The molecule has 0 unspecified atom stereocenters. The van der Waals surface area contributed by atoms with Crippen LogP contribution in [0.2, 0.25) is 0 Å². The van der Waals surface area contributed by atoms with Crippen molar-refractivity contribution in [2.24, 2.45) is 0 Å². The van der Waals surface area contributed by atoms with Crippen LogP contribution in [0.4, 0.5) is 5.69 Å². The number of aryl methyl sites for hydroxylation is 1. The van der Waals surface area contributed by atoms with Gasteiger partial charge >= 0.3 is 0 Å². The van der Waals surface area contributed by atoms with Crippen LogP contribution in [0.15, 0.2) is 18.2 Å². The fraction of sp³-hybridized carbons (Fsp3) is 0.385. The predicted octanol–water partition coefficient (Wildman–Crippen LogP) is 2.03. The average molecular weight is 202 g/mol. The molecule has 0 aliphatic rings. The Hall–Kier alpha value is -1.46. The largest absolute Gasteiger partial charge is 0.398 e.